The molecule has 0 saturated carbocycles. The van der Waals surface area contributed by atoms with Crippen molar-refractivity contribution in [3.8, 4) is 11.1 Å². The van der Waals surface area contributed by atoms with E-state index in [2.05, 4.69) is 10.1 Å². The molecule has 4 rings (SSSR count). The van der Waals surface area contributed by atoms with E-state index in [0.717, 1.165) is 5.56 Å². The summed E-state index contributed by atoms with van der Waals surface area (Å²) in [7, 11) is 0. The van der Waals surface area contributed by atoms with Crippen molar-refractivity contribution in [2.45, 2.75) is 20.0 Å². The van der Waals surface area contributed by atoms with Crippen LogP contribution in [-0.2, 0) is 10.9 Å². The van der Waals surface area contributed by atoms with Gasteiger partial charge in [-0.2, -0.15) is 22.8 Å². The van der Waals surface area contributed by atoms with E-state index in [1.165, 1.54) is 4.52 Å². The van der Waals surface area contributed by atoms with E-state index in [1.54, 1.807) is 37.3 Å². The van der Waals surface area contributed by atoms with Gasteiger partial charge in [-0.05, 0) is 19.4 Å². The lowest BCUT2D eigenvalue weighted by molar-refractivity contribution is -0.140. The van der Waals surface area contributed by atoms with Crippen LogP contribution in [0.1, 0.15) is 17.0 Å². The molecule has 0 N–H and O–H groups in total. The van der Waals surface area contributed by atoms with Crippen molar-refractivity contribution in [2.75, 3.05) is 31.2 Å². The number of aromatic nitrogens is 3. The summed E-state index contributed by atoms with van der Waals surface area (Å²) in [6.07, 6.45) is -4.58. The molecule has 0 amide bonds. The highest BCUT2D eigenvalue weighted by Crippen LogP contribution is 2.39. The Hall–Kier alpha value is -2.61. The molecular weight excluding hydrogens is 357 g/mol. The Balaban J connectivity index is 2.00. The number of ether oxygens (including phenoxy) is 1. The van der Waals surface area contributed by atoms with E-state index >= 15 is 0 Å². The van der Waals surface area contributed by atoms with Crippen LogP contribution in [0.5, 0.6) is 0 Å². The summed E-state index contributed by atoms with van der Waals surface area (Å²) in [5, 5.41) is 3.95. The Labute approximate surface area is 154 Å². The molecule has 1 aliphatic rings. The fourth-order valence-corrected chi connectivity index (χ4v) is 3.32. The summed E-state index contributed by atoms with van der Waals surface area (Å²) in [5.74, 6) is 0.602. The van der Waals surface area contributed by atoms with Gasteiger partial charge in [0.25, 0.3) is 0 Å². The van der Waals surface area contributed by atoms with Crippen LogP contribution in [0.25, 0.3) is 16.8 Å². The topological polar surface area (TPSA) is 42.7 Å². The molecule has 27 heavy (non-hydrogen) atoms. The summed E-state index contributed by atoms with van der Waals surface area (Å²) >= 11 is 0. The van der Waals surface area contributed by atoms with Crippen LogP contribution in [0.15, 0.2) is 30.3 Å². The zero-order valence-corrected chi connectivity index (χ0v) is 15.0. The number of hydrogen-bond acceptors (Lipinski definition) is 4. The lowest BCUT2D eigenvalue weighted by Crippen LogP contribution is -2.37. The number of anilines is 1. The third-order valence-electron chi connectivity index (χ3n) is 4.64. The highest BCUT2D eigenvalue weighted by atomic mass is 19.4. The van der Waals surface area contributed by atoms with E-state index in [1.807, 2.05) is 11.8 Å². The van der Waals surface area contributed by atoms with Crippen LogP contribution in [-0.4, -0.2) is 40.9 Å². The lowest BCUT2D eigenvalue weighted by Gasteiger charge is -2.29. The Kier molecular flexibility index (Phi) is 4.30. The number of aryl methyl sites for hydroxylation is 2. The molecule has 1 aliphatic heterocycles. The van der Waals surface area contributed by atoms with Crippen LogP contribution in [0.3, 0.4) is 0 Å². The summed E-state index contributed by atoms with van der Waals surface area (Å²) in [6, 6.07) is 8.71. The van der Waals surface area contributed by atoms with Crippen molar-refractivity contribution in [3.05, 3.63) is 47.3 Å². The van der Waals surface area contributed by atoms with Gasteiger partial charge in [0.1, 0.15) is 5.82 Å². The molecule has 3 heterocycles. The van der Waals surface area contributed by atoms with E-state index in [-0.39, 0.29) is 11.2 Å². The smallest absolute Gasteiger partial charge is 0.378 e. The maximum absolute atomic E-state index is 13.8. The highest BCUT2D eigenvalue weighted by Gasteiger charge is 2.39. The first-order chi connectivity index (χ1) is 12.8. The molecule has 3 aromatic rings. The number of morpholine rings is 1. The molecule has 142 valence electrons. The number of hydrogen-bond donors (Lipinski definition) is 0. The minimum atomic E-state index is -4.58. The van der Waals surface area contributed by atoms with E-state index < -0.39 is 11.9 Å². The van der Waals surface area contributed by atoms with Crippen LogP contribution in [0, 0.1) is 13.8 Å². The van der Waals surface area contributed by atoms with Gasteiger partial charge in [-0.1, -0.05) is 29.8 Å². The normalized spacial score (nSPS) is 15.5. The first-order valence-corrected chi connectivity index (χ1v) is 8.72. The molecule has 1 aromatic carbocycles. The van der Waals surface area contributed by atoms with Crippen LogP contribution in [0.4, 0.5) is 19.0 Å². The first-order valence-electron chi connectivity index (χ1n) is 8.72. The van der Waals surface area contributed by atoms with Gasteiger partial charge in [-0.3, -0.25) is 0 Å². The summed E-state index contributed by atoms with van der Waals surface area (Å²) in [6.45, 7) is 5.92. The van der Waals surface area contributed by atoms with Crippen LogP contribution in [0.2, 0.25) is 0 Å². The highest BCUT2D eigenvalue weighted by molar-refractivity contribution is 5.81. The van der Waals surface area contributed by atoms with Gasteiger partial charge in [0, 0.05) is 24.8 Å². The Bertz CT molecular complexity index is 973. The standard InChI is InChI=1S/C19H19F3N4O/c1-12-3-5-14(6-4-12)16-17(19(20,21)22)24-26-15(11-13(2)23-18(16)26)25-7-9-27-10-8-25/h3-6,11H,7-10H2,1-2H3. The maximum atomic E-state index is 13.8. The van der Waals surface area contributed by atoms with E-state index in [0.29, 0.717) is 43.4 Å². The molecule has 0 spiro atoms. The second-order valence-electron chi connectivity index (χ2n) is 6.68. The maximum Gasteiger partial charge on any atom is 0.435 e. The molecule has 5 nitrogen and oxygen atoms in total. The van der Waals surface area contributed by atoms with Crippen LogP contribution >= 0.6 is 0 Å². The molecule has 0 unspecified atom stereocenters. The summed E-state index contributed by atoms with van der Waals surface area (Å²) < 4.78 is 48.0. The molecule has 0 atom stereocenters. The van der Waals surface area contributed by atoms with Crippen molar-refractivity contribution in [1.29, 1.82) is 0 Å². The van der Waals surface area contributed by atoms with Crippen molar-refractivity contribution in [1.82, 2.24) is 14.6 Å². The monoisotopic (exact) mass is 376 g/mol. The Morgan fingerprint density at radius 1 is 1.04 bits per heavy atom. The average molecular weight is 376 g/mol. The fraction of sp³-hybridized carbons (Fsp3) is 0.368. The van der Waals surface area contributed by atoms with Gasteiger partial charge in [0.2, 0.25) is 0 Å². The quantitative estimate of drug-likeness (QED) is 0.681. The van der Waals surface area contributed by atoms with E-state index in [9.17, 15) is 13.2 Å². The molecule has 0 bridgehead atoms. The summed E-state index contributed by atoms with van der Waals surface area (Å²) in [4.78, 5) is 6.39. The third kappa shape index (κ3) is 3.25. The van der Waals surface area contributed by atoms with Gasteiger partial charge in [0.05, 0.1) is 18.8 Å². The Morgan fingerprint density at radius 3 is 2.33 bits per heavy atom. The predicted octanol–water partition coefficient (Wildman–Crippen LogP) is 3.87. The minimum Gasteiger partial charge on any atom is -0.378 e. The Morgan fingerprint density at radius 2 is 1.70 bits per heavy atom. The van der Waals surface area contributed by atoms with E-state index in [4.69, 9.17) is 4.74 Å². The molecule has 1 fully saturated rings. The SMILES string of the molecule is Cc1ccc(-c2c(C(F)(F)F)nn3c(N4CCOCC4)cc(C)nc23)cc1. The van der Waals surface area contributed by atoms with Crippen molar-refractivity contribution < 1.29 is 17.9 Å². The average Bonchev–Trinajstić information content (AvgIpc) is 3.02. The summed E-state index contributed by atoms with van der Waals surface area (Å²) in [5.41, 5.74) is 1.38. The van der Waals surface area contributed by atoms with Gasteiger partial charge < -0.3 is 9.64 Å². The van der Waals surface area contributed by atoms with Crippen molar-refractivity contribution in [2.24, 2.45) is 0 Å². The van der Waals surface area contributed by atoms with Crippen LogP contribution < -0.4 is 4.90 Å². The lowest BCUT2D eigenvalue weighted by atomic mass is 10.0. The van der Waals surface area contributed by atoms with Gasteiger partial charge in [-0.25, -0.2) is 4.98 Å². The molecule has 1 saturated heterocycles. The van der Waals surface area contributed by atoms with Gasteiger partial charge in [-0.15, -0.1) is 0 Å². The second-order valence-corrected chi connectivity index (χ2v) is 6.68. The van der Waals surface area contributed by atoms with Gasteiger partial charge >= 0.3 is 6.18 Å². The number of benzene rings is 1. The number of fused-ring (bicyclic) bond motifs is 1. The number of rotatable bonds is 2. The second kappa shape index (κ2) is 6.53. The van der Waals surface area contributed by atoms with Crippen molar-refractivity contribution >= 4 is 11.5 Å². The van der Waals surface area contributed by atoms with Gasteiger partial charge in [0.15, 0.2) is 11.3 Å². The predicted molar refractivity (Wildman–Crippen MR) is 95.9 cm³/mol. The third-order valence-corrected chi connectivity index (χ3v) is 4.64. The largest absolute Gasteiger partial charge is 0.435 e. The fourth-order valence-electron chi connectivity index (χ4n) is 3.32. The zero-order valence-electron chi connectivity index (χ0n) is 15.0. The number of alkyl halides is 3. The number of halogens is 3. The first kappa shape index (κ1) is 17.8. The number of nitrogens with zero attached hydrogens (tertiary/aromatic N) is 4. The minimum absolute atomic E-state index is 0.0145. The molecular formula is C19H19F3N4O. The molecule has 2 aromatic heterocycles. The van der Waals surface area contributed by atoms with Crippen molar-refractivity contribution in [3.63, 3.8) is 0 Å². The molecule has 0 aliphatic carbocycles. The molecule has 8 heteroatoms. The zero-order chi connectivity index (χ0) is 19.2. The molecule has 0 radical (unpaired) electrons.